The molecule has 1 amide bonds. The fourth-order valence-electron chi connectivity index (χ4n) is 3.71. The molecule has 1 aromatic heterocycles. The lowest BCUT2D eigenvalue weighted by atomic mass is 9.89. The van der Waals surface area contributed by atoms with E-state index in [1.165, 1.54) is 23.4 Å². The Balaban J connectivity index is 0.00000176. The van der Waals surface area contributed by atoms with Crippen molar-refractivity contribution < 1.29 is 4.79 Å². The van der Waals surface area contributed by atoms with E-state index in [4.69, 9.17) is 5.73 Å². The molecule has 124 valence electrons. The van der Waals surface area contributed by atoms with Crippen LogP contribution in [-0.4, -0.2) is 17.4 Å². The summed E-state index contributed by atoms with van der Waals surface area (Å²) in [6, 6.07) is 0. The van der Waals surface area contributed by atoms with Crippen LogP contribution in [-0.2, 0) is 17.6 Å². The Labute approximate surface area is 142 Å². The molecule has 0 radical (unpaired) electrons. The van der Waals surface area contributed by atoms with Crippen LogP contribution in [0.2, 0.25) is 0 Å². The maximum atomic E-state index is 12.4. The summed E-state index contributed by atoms with van der Waals surface area (Å²) < 4.78 is 0. The number of nitrogens with two attached hydrogens (primary N) is 1. The molecule has 0 saturated heterocycles. The number of thiazole rings is 1. The number of rotatable bonds is 4. The van der Waals surface area contributed by atoms with Crippen LogP contribution in [0.1, 0.15) is 49.6 Å². The quantitative estimate of drug-likeness (QED) is 0.880. The number of aryl methyl sites for hydroxylation is 1. The number of nitrogens with one attached hydrogen (secondary N) is 1. The van der Waals surface area contributed by atoms with E-state index in [1.807, 2.05) is 0 Å². The largest absolute Gasteiger partial charge is 0.330 e. The van der Waals surface area contributed by atoms with Gasteiger partial charge in [-0.25, -0.2) is 4.98 Å². The van der Waals surface area contributed by atoms with Gasteiger partial charge in [-0.1, -0.05) is 19.8 Å². The van der Waals surface area contributed by atoms with Crippen molar-refractivity contribution in [1.29, 1.82) is 0 Å². The average Bonchev–Trinajstić information content (AvgIpc) is 3.11. The number of hydrogen-bond donors (Lipinski definition) is 2. The molecule has 4 nitrogen and oxygen atoms in total. The Kier molecular flexibility index (Phi) is 6.24. The van der Waals surface area contributed by atoms with Crippen LogP contribution >= 0.6 is 23.7 Å². The normalized spacial score (nSPS) is 27.1. The number of carbonyl (C=O) groups is 1. The van der Waals surface area contributed by atoms with Gasteiger partial charge in [-0.05, 0) is 50.5 Å². The number of amides is 1. The second-order valence-electron chi connectivity index (χ2n) is 6.43. The summed E-state index contributed by atoms with van der Waals surface area (Å²) in [6.45, 7) is 2.87. The lowest BCUT2D eigenvalue weighted by molar-refractivity contribution is -0.120. The van der Waals surface area contributed by atoms with E-state index in [9.17, 15) is 4.79 Å². The number of anilines is 1. The van der Waals surface area contributed by atoms with Crippen LogP contribution in [0.4, 0.5) is 5.13 Å². The van der Waals surface area contributed by atoms with E-state index >= 15 is 0 Å². The van der Waals surface area contributed by atoms with E-state index < -0.39 is 0 Å². The number of carbonyl (C=O) groups excluding carboxylic acids is 1. The Hall–Kier alpha value is -0.650. The van der Waals surface area contributed by atoms with Crippen LogP contribution in [0, 0.1) is 17.8 Å². The third-order valence-corrected chi connectivity index (χ3v) is 6.18. The molecule has 1 unspecified atom stereocenters. The van der Waals surface area contributed by atoms with Crippen molar-refractivity contribution in [2.75, 3.05) is 11.9 Å². The van der Waals surface area contributed by atoms with Crippen molar-refractivity contribution in [2.24, 2.45) is 23.5 Å². The van der Waals surface area contributed by atoms with Gasteiger partial charge in [-0.2, -0.15) is 0 Å². The van der Waals surface area contributed by atoms with Crippen molar-refractivity contribution in [3.05, 3.63) is 10.6 Å². The third-order valence-electron chi connectivity index (χ3n) is 5.15. The molecular formula is C16H26ClN3OS. The zero-order valence-corrected chi connectivity index (χ0v) is 14.8. The molecule has 0 bridgehead atoms. The van der Waals surface area contributed by atoms with Crippen molar-refractivity contribution in [2.45, 2.75) is 51.9 Å². The van der Waals surface area contributed by atoms with Gasteiger partial charge in [0, 0.05) is 10.8 Å². The first kappa shape index (κ1) is 17.7. The standard InChI is InChI=1S/C16H25N3OS.ClH/c1-2-10-6-7-13-14(8-10)21-16(18-13)19-15(20)12-5-3-4-11(12)9-17;/h10-12H,2-9,17H2,1H3,(H,18,19,20);1H/t10?,11-,12-;/m1./s1. The third kappa shape index (κ3) is 3.63. The summed E-state index contributed by atoms with van der Waals surface area (Å²) in [6.07, 6.45) is 7.84. The molecule has 1 aromatic rings. The fourth-order valence-corrected chi connectivity index (χ4v) is 4.83. The zero-order valence-electron chi connectivity index (χ0n) is 13.1. The summed E-state index contributed by atoms with van der Waals surface area (Å²) in [5.41, 5.74) is 6.98. The predicted octanol–water partition coefficient (Wildman–Crippen LogP) is 3.39. The maximum Gasteiger partial charge on any atom is 0.229 e. The molecule has 3 rings (SSSR count). The molecule has 1 heterocycles. The summed E-state index contributed by atoms with van der Waals surface area (Å²) in [5, 5.41) is 3.85. The minimum atomic E-state index is 0. The van der Waals surface area contributed by atoms with Gasteiger partial charge in [0.05, 0.1) is 5.69 Å². The second-order valence-corrected chi connectivity index (χ2v) is 7.51. The molecule has 2 aliphatic carbocycles. The Morgan fingerprint density at radius 2 is 2.23 bits per heavy atom. The second kappa shape index (κ2) is 7.75. The summed E-state index contributed by atoms with van der Waals surface area (Å²) in [7, 11) is 0. The van der Waals surface area contributed by atoms with Gasteiger partial charge in [0.15, 0.2) is 5.13 Å². The minimum Gasteiger partial charge on any atom is -0.330 e. The van der Waals surface area contributed by atoms with Crippen LogP contribution in [0.15, 0.2) is 0 Å². The highest BCUT2D eigenvalue weighted by molar-refractivity contribution is 7.15. The summed E-state index contributed by atoms with van der Waals surface area (Å²) in [4.78, 5) is 18.4. The SMILES string of the molecule is CCC1CCc2nc(NC(=O)[C@@H]3CCC[C@@H]3CN)sc2C1.Cl. The molecule has 1 fully saturated rings. The lowest BCUT2D eigenvalue weighted by Crippen LogP contribution is -2.29. The average molecular weight is 344 g/mol. The van der Waals surface area contributed by atoms with E-state index in [0.717, 1.165) is 43.2 Å². The van der Waals surface area contributed by atoms with E-state index in [-0.39, 0.29) is 24.2 Å². The smallest absolute Gasteiger partial charge is 0.229 e. The molecular weight excluding hydrogens is 318 g/mol. The highest BCUT2D eigenvalue weighted by Gasteiger charge is 2.32. The molecule has 2 aliphatic rings. The van der Waals surface area contributed by atoms with Crippen molar-refractivity contribution in [3.63, 3.8) is 0 Å². The maximum absolute atomic E-state index is 12.4. The molecule has 0 aromatic carbocycles. The zero-order chi connectivity index (χ0) is 14.8. The molecule has 3 atom stereocenters. The van der Waals surface area contributed by atoms with Crippen molar-refractivity contribution in [1.82, 2.24) is 4.98 Å². The number of hydrogen-bond acceptors (Lipinski definition) is 4. The Bertz CT molecular complexity index is 519. The highest BCUT2D eigenvalue weighted by atomic mass is 35.5. The molecule has 0 spiro atoms. The molecule has 22 heavy (non-hydrogen) atoms. The first-order valence-corrected chi connectivity index (χ1v) is 9.02. The van der Waals surface area contributed by atoms with Gasteiger partial charge in [0.1, 0.15) is 0 Å². The number of aromatic nitrogens is 1. The molecule has 3 N–H and O–H groups in total. The number of fused-ring (bicyclic) bond motifs is 1. The number of halogens is 1. The molecule has 6 heteroatoms. The monoisotopic (exact) mass is 343 g/mol. The topological polar surface area (TPSA) is 68.0 Å². The van der Waals surface area contributed by atoms with Gasteiger partial charge in [-0.3, -0.25) is 4.79 Å². The van der Waals surface area contributed by atoms with Gasteiger partial charge in [0.2, 0.25) is 5.91 Å². The first-order valence-electron chi connectivity index (χ1n) is 8.20. The van der Waals surface area contributed by atoms with Gasteiger partial charge >= 0.3 is 0 Å². The molecule has 1 saturated carbocycles. The minimum absolute atomic E-state index is 0. The van der Waals surface area contributed by atoms with Gasteiger partial charge < -0.3 is 11.1 Å². The van der Waals surface area contributed by atoms with Crippen LogP contribution in [0.3, 0.4) is 0 Å². The summed E-state index contributed by atoms with van der Waals surface area (Å²) >= 11 is 1.68. The van der Waals surface area contributed by atoms with E-state index in [0.29, 0.717) is 12.5 Å². The Morgan fingerprint density at radius 3 is 2.95 bits per heavy atom. The van der Waals surface area contributed by atoms with Crippen LogP contribution < -0.4 is 11.1 Å². The van der Waals surface area contributed by atoms with Gasteiger partial charge in [-0.15, -0.1) is 23.7 Å². The van der Waals surface area contributed by atoms with E-state index in [2.05, 4.69) is 17.2 Å². The van der Waals surface area contributed by atoms with Crippen molar-refractivity contribution in [3.8, 4) is 0 Å². The molecule has 0 aliphatic heterocycles. The predicted molar refractivity (Wildman–Crippen MR) is 93.7 cm³/mol. The lowest BCUT2D eigenvalue weighted by Gasteiger charge is -2.18. The fraction of sp³-hybridized carbons (Fsp3) is 0.750. The highest BCUT2D eigenvalue weighted by Crippen LogP contribution is 2.35. The van der Waals surface area contributed by atoms with Crippen LogP contribution in [0.5, 0.6) is 0 Å². The van der Waals surface area contributed by atoms with Crippen LogP contribution in [0.25, 0.3) is 0 Å². The van der Waals surface area contributed by atoms with Gasteiger partial charge in [0.25, 0.3) is 0 Å². The summed E-state index contributed by atoms with van der Waals surface area (Å²) in [5.74, 6) is 1.35. The van der Waals surface area contributed by atoms with Crippen molar-refractivity contribution >= 4 is 34.8 Å². The van der Waals surface area contributed by atoms with E-state index in [1.54, 1.807) is 11.3 Å². The number of nitrogens with zero attached hydrogens (tertiary/aromatic N) is 1. The Morgan fingerprint density at radius 1 is 1.41 bits per heavy atom. The first-order chi connectivity index (χ1) is 10.2.